The van der Waals surface area contributed by atoms with Crippen molar-refractivity contribution < 1.29 is 13.9 Å². The summed E-state index contributed by atoms with van der Waals surface area (Å²) in [6, 6.07) is 5.76. The van der Waals surface area contributed by atoms with Crippen LogP contribution in [-0.2, 0) is 0 Å². The van der Waals surface area contributed by atoms with Crippen LogP contribution in [0.1, 0.15) is 43.9 Å². The van der Waals surface area contributed by atoms with E-state index >= 15 is 0 Å². The quantitative estimate of drug-likeness (QED) is 0.835. The highest BCUT2D eigenvalue weighted by molar-refractivity contribution is 5.26. The Kier molecular flexibility index (Phi) is 4.60. The number of alkyl halides is 2. The van der Waals surface area contributed by atoms with Gasteiger partial charge in [0, 0.05) is 17.5 Å². The number of hydrogen-bond donors (Lipinski definition) is 2. The number of aliphatic hydroxyl groups excluding tert-OH is 1. The highest BCUT2D eigenvalue weighted by Crippen LogP contribution is 2.36. The molecule has 17 heavy (non-hydrogen) atoms. The van der Waals surface area contributed by atoms with Gasteiger partial charge in [-0.3, -0.25) is 0 Å². The molecule has 0 saturated carbocycles. The van der Waals surface area contributed by atoms with Gasteiger partial charge < -0.3 is 10.8 Å². The molecule has 2 nitrogen and oxygen atoms in total. The van der Waals surface area contributed by atoms with Crippen molar-refractivity contribution in [2.45, 2.75) is 32.8 Å². The molecule has 0 radical (unpaired) electrons. The normalized spacial score (nSPS) is 16.9. The molecule has 1 aromatic carbocycles. The van der Waals surface area contributed by atoms with Gasteiger partial charge in [-0.25, -0.2) is 8.78 Å². The van der Waals surface area contributed by atoms with E-state index in [1.165, 1.54) is 24.3 Å². The Balaban J connectivity index is 2.93. The molecule has 2 unspecified atom stereocenters. The summed E-state index contributed by atoms with van der Waals surface area (Å²) >= 11 is 0. The van der Waals surface area contributed by atoms with Crippen LogP contribution in [0.3, 0.4) is 0 Å². The molecule has 0 amide bonds. The van der Waals surface area contributed by atoms with Gasteiger partial charge in [0.2, 0.25) is 0 Å². The summed E-state index contributed by atoms with van der Waals surface area (Å²) in [4.78, 5) is 0. The summed E-state index contributed by atoms with van der Waals surface area (Å²) in [7, 11) is 0. The van der Waals surface area contributed by atoms with E-state index in [2.05, 4.69) is 0 Å². The zero-order valence-corrected chi connectivity index (χ0v) is 10.2. The average Bonchev–Trinajstić information content (AvgIpc) is 2.37. The third-order valence-corrected chi connectivity index (χ3v) is 3.44. The topological polar surface area (TPSA) is 46.2 Å². The fourth-order valence-electron chi connectivity index (χ4n) is 1.68. The van der Waals surface area contributed by atoms with Crippen LogP contribution >= 0.6 is 0 Å². The Bertz CT molecular complexity index is 347. The number of halogens is 2. The highest BCUT2D eigenvalue weighted by Gasteiger charge is 2.30. The second kappa shape index (κ2) is 5.56. The molecule has 0 aliphatic heterocycles. The molecule has 2 atom stereocenters. The van der Waals surface area contributed by atoms with Crippen molar-refractivity contribution in [1.82, 2.24) is 0 Å². The van der Waals surface area contributed by atoms with E-state index in [0.717, 1.165) is 6.42 Å². The van der Waals surface area contributed by atoms with Gasteiger partial charge in [-0.2, -0.15) is 0 Å². The maximum Gasteiger partial charge on any atom is 0.263 e. The third-order valence-electron chi connectivity index (χ3n) is 3.44. The van der Waals surface area contributed by atoms with Gasteiger partial charge in [0.15, 0.2) is 0 Å². The maximum atomic E-state index is 12.4. The van der Waals surface area contributed by atoms with Crippen molar-refractivity contribution in [3.05, 3.63) is 35.4 Å². The first-order valence-electron chi connectivity index (χ1n) is 5.70. The van der Waals surface area contributed by atoms with E-state index in [9.17, 15) is 13.9 Å². The van der Waals surface area contributed by atoms with Crippen molar-refractivity contribution in [1.29, 1.82) is 0 Å². The lowest BCUT2D eigenvalue weighted by atomic mass is 9.78. The van der Waals surface area contributed by atoms with Crippen LogP contribution in [0.2, 0.25) is 0 Å². The van der Waals surface area contributed by atoms with Crippen molar-refractivity contribution >= 4 is 0 Å². The van der Waals surface area contributed by atoms with Crippen LogP contribution in [0.15, 0.2) is 24.3 Å². The lowest BCUT2D eigenvalue weighted by molar-refractivity contribution is 0.0391. The molecule has 4 heteroatoms. The maximum absolute atomic E-state index is 12.4. The predicted molar refractivity (Wildman–Crippen MR) is 63.8 cm³/mol. The lowest BCUT2D eigenvalue weighted by Gasteiger charge is -2.32. The van der Waals surface area contributed by atoms with Gasteiger partial charge in [0.1, 0.15) is 0 Å². The number of nitrogens with two attached hydrogens (primary N) is 1. The second-order valence-corrected chi connectivity index (χ2v) is 4.58. The highest BCUT2D eigenvalue weighted by atomic mass is 19.3. The van der Waals surface area contributed by atoms with E-state index in [-0.39, 0.29) is 5.56 Å². The van der Waals surface area contributed by atoms with Crippen LogP contribution in [0.25, 0.3) is 0 Å². The van der Waals surface area contributed by atoms with Gasteiger partial charge in [0.05, 0.1) is 6.10 Å². The molecule has 0 heterocycles. The summed E-state index contributed by atoms with van der Waals surface area (Å²) in [6.07, 6.45) is -2.49. The summed E-state index contributed by atoms with van der Waals surface area (Å²) in [5.74, 6) is 0. The number of hydrogen-bond acceptors (Lipinski definition) is 2. The predicted octanol–water partition coefficient (Wildman–Crippen LogP) is 3.03. The summed E-state index contributed by atoms with van der Waals surface area (Å²) in [5.41, 5.74) is 5.82. The first kappa shape index (κ1) is 14.1. The number of aliphatic hydroxyl groups is 1. The molecule has 0 aromatic heterocycles. The van der Waals surface area contributed by atoms with Gasteiger partial charge in [-0.05, 0) is 12.0 Å². The van der Waals surface area contributed by atoms with Crippen LogP contribution in [0, 0.1) is 5.41 Å². The summed E-state index contributed by atoms with van der Waals surface area (Å²) < 4.78 is 24.8. The molecular weight excluding hydrogens is 224 g/mol. The molecular formula is C13H19F2NO. The average molecular weight is 243 g/mol. The molecule has 0 saturated heterocycles. The first-order valence-corrected chi connectivity index (χ1v) is 5.70. The Labute approximate surface area is 100 Å². The molecule has 0 fully saturated rings. The number of rotatable bonds is 5. The molecule has 1 rings (SSSR count). The van der Waals surface area contributed by atoms with Gasteiger partial charge >= 0.3 is 0 Å². The van der Waals surface area contributed by atoms with Gasteiger partial charge in [0.25, 0.3) is 6.43 Å². The van der Waals surface area contributed by atoms with E-state index < -0.39 is 17.9 Å². The third kappa shape index (κ3) is 3.01. The Hall–Kier alpha value is -1.00. The smallest absolute Gasteiger partial charge is 0.263 e. The van der Waals surface area contributed by atoms with Crippen LogP contribution in [0.4, 0.5) is 8.78 Å². The Morgan fingerprint density at radius 2 is 1.71 bits per heavy atom. The van der Waals surface area contributed by atoms with E-state index in [0.29, 0.717) is 12.1 Å². The van der Waals surface area contributed by atoms with Gasteiger partial charge in [-0.1, -0.05) is 38.1 Å². The minimum atomic E-state index is -2.48. The summed E-state index contributed by atoms with van der Waals surface area (Å²) in [5, 5.41) is 10.2. The van der Waals surface area contributed by atoms with Crippen molar-refractivity contribution in [2.24, 2.45) is 11.1 Å². The van der Waals surface area contributed by atoms with Crippen LogP contribution in [-0.4, -0.2) is 11.7 Å². The minimum Gasteiger partial charge on any atom is -0.388 e. The monoisotopic (exact) mass is 243 g/mol. The van der Waals surface area contributed by atoms with Gasteiger partial charge in [-0.15, -0.1) is 0 Å². The minimum absolute atomic E-state index is 0.0353. The van der Waals surface area contributed by atoms with E-state index in [1.807, 2.05) is 13.8 Å². The van der Waals surface area contributed by atoms with E-state index in [4.69, 9.17) is 5.73 Å². The SMILES string of the molecule is CCC(C)(CN)C(O)c1ccc(C(F)F)cc1. The standard InChI is InChI=1S/C13H19F2NO/c1-3-13(2,8-16)11(17)9-4-6-10(7-5-9)12(14)15/h4-7,11-12,17H,3,8,16H2,1-2H3. The lowest BCUT2D eigenvalue weighted by Crippen LogP contribution is -2.33. The zero-order chi connectivity index (χ0) is 13.1. The fourth-order valence-corrected chi connectivity index (χ4v) is 1.68. The summed E-state index contributed by atoms with van der Waals surface area (Å²) in [6.45, 7) is 4.18. The molecule has 3 N–H and O–H groups in total. The molecule has 0 spiro atoms. The fraction of sp³-hybridized carbons (Fsp3) is 0.538. The first-order chi connectivity index (χ1) is 7.94. The Morgan fingerprint density at radius 1 is 1.24 bits per heavy atom. The van der Waals surface area contributed by atoms with Crippen molar-refractivity contribution in [3.8, 4) is 0 Å². The molecule has 0 aliphatic carbocycles. The zero-order valence-electron chi connectivity index (χ0n) is 10.2. The molecule has 1 aromatic rings. The number of benzene rings is 1. The molecule has 96 valence electrons. The van der Waals surface area contributed by atoms with Crippen molar-refractivity contribution in [2.75, 3.05) is 6.54 Å². The largest absolute Gasteiger partial charge is 0.388 e. The van der Waals surface area contributed by atoms with Crippen molar-refractivity contribution in [3.63, 3.8) is 0 Å². The second-order valence-electron chi connectivity index (χ2n) is 4.58. The van der Waals surface area contributed by atoms with Crippen LogP contribution in [0.5, 0.6) is 0 Å². The molecule has 0 aliphatic rings. The Morgan fingerprint density at radius 3 is 2.06 bits per heavy atom. The van der Waals surface area contributed by atoms with Crippen LogP contribution < -0.4 is 5.73 Å². The van der Waals surface area contributed by atoms with E-state index in [1.54, 1.807) is 0 Å². The molecule has 0 bridgehead atoms.